The van der Waals surface area contributed by atoms with E-state index in [1.54, 1.807) is 7.05 Å². The Labute approximate surface area is 115 Å². The number of anilines is 1. The number of nitrogens with zero attached hydrogens (tertiary/aromatic N) is 3. The highest BCUT2D eigenvalue weighted by molar-refractivity contribution is 5.93. The number of hydrogen-bond acceptors (Lipinski definition) is 6. The van der Waals surface area contributed by atoms with Gasteiger partial charge in [0.2, 0.25) is 0 Å². The van der Waals surface area contributed by atoms with Gasteiger partial charge in [0.15, 0.2) is 0 Å². The van der Waals surface area contributed by atoms with Crippen molar-refractivity contribution in [3.8, 4) is 0 Å². The van der Waals surface area contributed by atoms with Crippen LogP contribution in [0, 0.1) is 10.1 Å². The van der Waals surface area contributed by atoms with E-state index in [2.05, 4.69) is 4.98 Å². The second-order valence-electron chi connectivity index (χ2n) is 4.58. The van der Waals surface area contributed by atoms with Crippen molar-refractivity contribution in [2.24, 2.45) is 0 Å². The molecule has 1 aromatic heterocycles. The van der Waals surface area contributed by atoms with Gasteiger partial charge in [0, 0.05) is 32.4 Å². The zero-order chi connectivity index (χ0) is 14.7. The summed E-state index contributed by atoms with van der Waals surface area (Å²) in [6.45, 7) is 1.29. The van der Waals surface area contributed by atoms with Crippen LogP contribution in [0.2, 0.25) is 0 Å². The molecule has 0 atom stereocenters. The maximum absolute atomic E-state index is 11.1. The van der Waals surface area contributed by atoms with Crippen molar-refractivity contribution in [2.45, 2.75) is 18.9 Å². The SMILES string of the molecule is CN(c1cc(C(=O)O)c([N+](=O)[O-])cn1)C1CCOCC1. The van der Waals surface area contributed by atoms with Crippen LogP contribution in [0.25, 0.3) is 0 Å². The van der Waals surface area contributed by atoms with Crippen molar-refractivity contribution in [3.63, 3.8) is 0 Å². The number of ether oxygens (including phenoxy) is 1. The summed E-state index contributed by atoms with van der Waals surface area (Å²) in [4.78, 5) is 27.0. The standard InChI is InChI=1S/C12H15N3O5/c1-14(8-2-4-20-5-3-8)11-6-9(12(16)17)10(7-13-11)15(18)19/h6-8H,2-5H2,1H3,(H,16,17). The molecule has 1 aromatic rings. The molecule has 1 saturated heterocycles. The van der Waals surface area contributed by atoms with Gasteiger partial charge in [0.25, 0.3) is 0 Å². The molecule has 0 amide bonds. The molecule has 0 spiro atoms. The third-order valence-electron chi connectivity index (χ3n) is 3.40. The van der Waals surface area contributed by atoms with Gasteiger partial charge >= 0.3 is 11.7 Å². The lowest BCUT2D eigenvalue weighted by Crippen LogP contribution is -2.37. The first-order chi connectivity index (χ1) is 9.50. The minimum absolute atomic E-state index is 0.194. The van der Waals surface area contributed by atoms with Crippen LogP contribution < -0.4 is 4.90 Å². The van der Waals surface area contributed by atoms with Gasteiger partial charge in [-0.3, -0.25) is 10.1 Å². The molecule has 0 unspecified atom stereocenters. The van der Waals surface area contributed by atoms with Gasteiger partial charge in [-0.2, -0.15) is 0 Å². The molecule has 8 nitrogen and oxygen atoms in total. The monoisotopic (exact) mass is 281 g/mol. The summed E-state index contributed by atoms with van der Waals surface area (Å²) in [7, 11) is 1.80. The molecule has 1 aliphatic heterocycles. The summed E-state index contributed by atoms with van der Waals surface area (Å²) in [5.41, 5.74) is -0.847. The molecule has 20 heavy (non-hydrogen) atoms. The van der Waals surface area contributed by atoms with Gasteiger partial charge in [0.05, 0.1) is 4.92 Å². The van der Waals surface area contributed by atoms with E-state index in [1.807, 2.05) is 4.90 Å². The number of carboxylic acid groups (broad SMARTS) is 1. The second kappa shape index (κ2) is 5.83. The van der Waals surface area contributed by atoms with Gasteiger partial charge in [-0.05, 0) is 12.8 Å². The summed E-state index contributed by atoms with van der Waals surface area (Å²) in [6.07, 6.45) is 2.63. The topological polar surface area (TPSA) is 106 Å². The number of carboxylic acids is 1. The molecular weight excluding hydrogens is 266 g/mol. The van der Waals surface area contributed by atoms with E-state index < -0.39 is 16.6 Å². The van der Waals surface area contributed by atoms with Crippen molar-refractivity contribution in [2.75, 3.05) is 25.2 Å². The van der Waals surface area contributed by atoms with Crippen molar-refractivity contribution in [1.82, 2.24) is 4.98 Å². The third-order valence-corrected chi connectivity index (χ3v) is 3.40. The predicted octanol–water partition coefficient (Wildman–Crippen LogP) is 1.30. The minimum Gasteiger partial charge on any atom is -0.477 e. The number of aromatic carboxylic acids is 1. The minimum atomic E-state index is -1.33. The van der Waals surface area contributed by atoms with Gasteiger partial charge in [-0.15, -0.1) is 0 Å². The first-order valence-corrected chi connectivity index (χ1v) is 6.19. The number of aromatic nitrogens is 1. The quantitative estimate of drug-likeness (QED) is 0.654. The number of pyridine rings is 1. The molecule has 2 heterocycles. The molecule has 0 aliphatic carbocycles. The van der Waals surface area contributed by atoms with E-state index in [1.165, 1.54) is 6.07 Å². The Balaban J connectivity index is 2.30. The molecule has 1 N–H and O–H groups in total. The smallest absolute Gasteiger partial charge is 0.342 e. The van der Waals surface area contributed by atoms with E-state index >= 15 is 0 Å². The fourth-order valence-electron chi connectivity index (χ4n) is 2.21. The Bertz CT molecular complexity index is 528. The van der Waals surface area contributed by atoms with Crippen molar-refractivity contribution in [1.29, 1.82) is 0 Å². The van der Waals surface area contributed by atoms with Gasteiger partial charge in [-0.1, -0.05) is 0 Å². The lowest BCUT2D eigenvalue weighted by atomic mass is 10.1. The number of nitro groups is 1. The number of rotatable bonds is 4. The summed E-state index contributed by atoms with van der Waals surface area (Å²) < 4.78 is 5.27. The molecule has 0 radical (unpaired) electrons. The highest BCUT2D eigenvalue weighted by Crippen LogP contribution is 2.25. The van der Waals surface area contributed by atoms with E-state index in [4.69, 9.17) is 9.84 Å². The summed E-state index contributed by atoms with van der Waals surface area (Å²) in [5.74, 6) is -0.916. The maximum Gasteiger partial charge on any atom is 0.342 e. The van der Waals surface area contributed by atoms with E-state index in [0.29, 0.717) is 19.0 Å². The zero-order valence-electron chi connectivity index (χ0n) is 11.0. The average molecular weight is 281 g/mol. The van der Waals surface area contributed by atoms with Crippen LogP contribution in [-0.4, -0.2) is 47.3 Å². The normalized spacial score (nSPS) is 15.8. The number of hydrogen-bond donors (Lipinski definition) is 1. The van der Waals surface area contributed by atoms with Crippen LogP contribution >= 0.6 is 0 Å². The molecule has 1 fully saturated rings. The lowest BCUT2D eigenvalue weighted by molar-refractivity contribution is -0.385. The van der Waals surface area contributed by atoms with Crippen molar-refractivity contribution >= 4 is 17.5 Å². The molecule has 0 saturated carbocycles. The largest absolute Gasteiger partial charge is 0.477 e. The van der Waals surface area contributed by atoms with E-state index in [-0.39, 0.29) is 11.6 Å². The van der Waals surface area contributed by atoms with Gasteiger partial charge < -0.3 is 14.7 Å². The van der Waals surface area contributed by atoms with Crippen LogP contribution in [0.3, 0.4) is 0 Å². The molecule has 108 valence electrons. The molecule has 0 bridgehead atoms. The van der Waals surface area contributed by atoms with Crippen LogP contribution in [0.4, 0.5) is 11.5 Å². The van der Waals surface area contributed by atoms with Crippen LogP contribution in [0.1, 0.15) is 23.2 Å². The van der Waals surface area contributed by atoms with Gasteiger partial charge in [-0.25, -0.2) is 9.78 Å². The highest BCUT2D eigenvalue weighted by atomic mass is 16.6. The van der Waals surface area contributed by atoms with Gasteiger partial charge in [0.1, 0.15) is 17.6 Å². The van der Waals surface area contributed by atoms with E-state index in [9.17, 15) is 14.9 Å². The summed E-state index contributed by atoms with van der Waals surface area (Å²) >= 11 is 0. The first-order valence-electron chi connectivity index (χ1n) is 6.19. The zero-order valence-corrected chi connectivity index (χ0v) is 11.0. The van der Waals surface area contributed by atoms with Crippen LogP contribution in [0.15, 0.2) is 12.3 Å². The highest BCUT2D eigenvalue weighted by Gasteiger charge is 2.25. The Morgan fingerprint density at radius 3 is 2.75 bits per heavy atom. The Morgan fingerprint density at radius 1 is 1.55 bits per heavy atom. The molecular formula is C12H15N3O5. The molecule has 0 aromatic carbocycles. The fourth-order valence-corrected chi connectivity index (χ4v) is 2.21. The molecule has 1 aliphatic rings. The Kier molecular flexibility index (Phi) is 4.14. The molecule has 2 rings (SSSR count). The summed E-state index contributed by atoms with van der Waals surface area (Å²) in [5, 5.41) is 19.8. The van der Waals surface area contributed by atoms with E-state index in [0.717, 1.165) is 19.0 Å². The summed E-state index contributed by atoms with van der Waals surface area (Å²) in [6, 6.07) is 1.44. The third kappa shape index (κ3) is 2.85. The predicted molar refractivity (Wildman–Crippen MR) is 70.1 cm³/mol. The van der Waals surface area contributed by atoms with Crippen molar-refractivity contribution in [3.05, 3.63) is 27.9 Å². The average Bonchev–Trinajstić information content (AvgIpc) is 2.46. The Morgan fingerprint density at radius 2 is 2.20 bits per heavy atom. The molecule has 8 heteroatoms. The second-order valence-corrected chi connectivity index (χ2v) is 4.58. The maximum atomic E-state index is 11.1. The lowest BCUT2D eigenvalue weighted by Gasteiger charge is -2.32. The fraction of sp³-hybridized carbons (Fsp3) is 0.500. The van der Waals surface area contributed by atoms with Crippen molar-refractivity contribution < 1.29 is 19.6 Å². The van der Waals surface area contributed by atoms with Crippen LogP contribution in [-0.2, 0) is 4.74 Å². The van der Waals surface area contributed by atoms with Crippen LogP contribution in [0.5, 0.6) is 0 Å². The first kappa shape index (κ1) is 14.2. The number of carbonyl (C=O) groups is 1. The Hall–Kier alpha value is -2.22.